The predicted octanol–water partition coefficient (Wildman–Crippen LogP) is 0.414. The molecule has 0 aliphatic carbocycles. The summed E-state index contributed by atoms with van der Waals surface area (Å²) in [5.41, 5.74) is 0.831. The summed E-state index contributed by atoms with van der Waals surface area (Å²) in [7, 11) is 5.21. The molecule has 1 aliphatic heterocycles. The third-order valence-corrected chi connectivity index (χ3v) is 1.84. The highest BCUT2D eigenvalue weighted by molar-refractivity contribution is 6.01. The first-order valence-corrected chi connectivity index (χ1v) is 4.14. The lowest BCUT2D eigenvalue weighted by atomic mass is 10.2. The standard InChI is InChI=1S/C9H10N4O/c1-13-11-9(10-12-13)7-5-3-4-6-8(7)14-2/h3-6,13H,1H2,2H3. The van der Waals surface area contributed by atoms with Crippen LogP contribution in [0, 0.1) is 7.05 Å². The van der Waals surface area contributed by atoms with Gasteiger partial charge in [-0.3, -0.25) is 0 Å². The van der Waals surface area contributed by atoms with E-state index in [4.69, 9.17) is 4.74 Å². The van der Waals surface area contributed by atoms with Crippen molar-refractivity contribution in [3.63, 3.8) is 0 Å². The molecule has 1 heterocycles. The second-order valence-electron chi connectivity index (χ2n) is 2.75. The summed E-state index contributed by atoms with van der Waals surface area (Å²) in [5.74, 6) is 1.28. The van der Waals surface area contributed by atoms with Crippen LogP contribution in [0.1, 0.15) is 5.56 Å². The van der Waals surface area contributed by atoms with Crippen molar-refractivity contribution in [1.29, 1.82) is 0 Å². The second-order valence-corrected chi connectivity index (χ2v) is 2.75. The molecule has 1 aliphatic rings. The molecule has 14 heavy (non-hydrogen) atoms. The van der Waals surface area contributed by atoms with Crippen molar-refractivity contribution in [3.05, 3.63) is 36.9 Å². The van der Waals surface area contributed by atoms with Crippen LogP contribution < -0.4 is 9.85 Å². The number of amidine groups is 1. The van der Waals surface area contributed by atoms with Gasteiger partial charge in [0, 0.05) is 5.22 Å². The lowest BCUT2D eigenvalue weighted by Crippen LogP contribution is -2.95. The van der Waals surface area contributed by atoms with E-state index in [9.17, 15) is 0 Å². The second kappa shape index (κ2) is 3.55. The summed E-state index contributed by atoms with van der Waals surface area (Å²) < 4.78 is 5.18. The summed E-state index contributed by atoms with van der Waals surface area (Å²) in [6.07, 6.45) is 0. The summed E-state index contributed by atoms with van der Waals surface area (Å²) in [6, 6.07) is 7.53. The maximum Gasteiger partial charge on any atom is 0.244 e. The van der Waals surface area contributed by atoms with E-state index in [1.807, 2.05) is 24.3 Å². The van der Waals surface area contributed by atoms with Crippen LogP contribution in [0.4, 0.5) is 0 Å². The van der Waals surface area contributed by atoms with E-state index in [2.05, 4.69) is 22.5 Å². The number of quaternary nitrogens is 1. The van der Waals surface area contributed by atoms with E-state index >= 15 is 0 Å². The Morgan fingerprint density at radius 1 is 1.36 bits per heavy atom. The normalized spacial score (nSPS) is 19.6. The average molecular weight is 190 g/mol. The third-order valence-electron chi connectivity index (χ3n) is 1.84. The average Bonchev–Trinajstić information content (AvgIpc) is 2.65. The Morgan fingerprint density at radius 3 is 2.79 bits per heavy atom. The molecule has 5 heteroatoms. The molecule has 0 spiro atoms. The molecule has 0 aromatic heterocycles. The van der Waals surface area contributed by atoms with Gasteiger partial charge < -0.3 is 4.74 Å². The Kier molecular flexibility index (Phi) is 2.24. The van der Waals surface area contributed by atoms with Crippen LogP contribution in [0.25, 0.3) is 0 Å². The van der Waals surface area contributed by atoms with E-state index in [-0.39, 0.29) is 0 Å². The van der Waals surface area contributed by atoms with Gasteiger partial charge in [-0.1, -0.05) is 29.4 Å². The summed E-state index contributed by atoms with van der Waals surface area (Å²) in [5, 5.41) is 12.1. The van der Waals surface area contributed by atoms with Gasteiger partial charge in [0.25, 0.3) is 0 Å². The third kappa shape index (κ3) is 1.49. The topological polar surface area (TPSA) is 50.8 Å². The van der Waals surface area contributed by atoms with E-state index in [0.29, 0.717) is 11.0 Å². The first-order chi connectivity index (χ1) is 6.81. The maximum atomic E-state index is 5.18. The van der Waals surface area contributed by atoms with Crippen LogP contribution in [0.15, 0.2) is 39.7 Å². The van der Waals surface area contributed by atoms with Crippen LogP contribution in [-0.2, 0) is 0 Å². The molecule has 2 rings (SSSR count). The molecular weight excluding hydrogens is 180 g/mol. The zero-order valence-electron chi connectivity index (χ0n) is 7.77. The quantitative estimate of drug-likeness (QED) is 0.675. The molecule has 1 N–H and O–H groups in total. The Morgan fingerprint density at radius 2 is 2.14 bits per heavy atom. The van der Waals surface area contributed by atoms with Crippen LogP contribution in [0.3, 0.4) is 0 Å². The van der Waals surface area contributed by atoms with Crippen molar-refractivity contribution in [2.24, 2.45) is 15.4 Å². The maximum absolute atomic E-state index is 5.18. The highest BCUT2D eigenvalue weighted by atomic mass is 16.5. The van der Waals surface area contributed by atoms with Crippen LogP contribution >= 0.6 is 0 Å². The molecule has 5 nitrogen and oxygen atoms in total. The lowest BCUT2D eigenvalue weighted by molar-refractivity contribution is -0.868. The highest BCUT2D eigenvalue weighted by Crippen LogP contribution is 2.18. The fraction of sp³-hybridized carbons (Fsp3) is 0.111. The fourth-order valence-electron chi connectivity index (χ4n) is 1.22. The number of para-hydroxylation sites is 1. The van der Waals surface area contributed by atoms with Gasteiger partial charge in [0.05, 0.1) is 12.7 Å². The molecule has 1 atom stereocenters. The molecule has 0 bridgehead atoms. The van der Waals surface area contributed by atoms with Gasteiger partial charge in [-0.25, -0.2) is 0 Å². The Balaban J connectivity index is 2.42. The number of nitrogens with zero attached hydrogens (tertiary/aromatic N) is 3. The molecule has 1 unspecified atom stereocenters. The van der Waals surface area contributed by atoms with E-state index in [0.717, 1.165) is 11.3 Å². The molecule has 1 aromatic carbocycles. The summed E-state index contributed by atoms with van der Waals surface area (Å²) >= 11 is 0. The molecule has 1 aromatic rings. The molecule has 0 amide bonds. The minimum atomic E-state index is 0.422. The van der Waals surface area contributed by atoms with Gasteiger partial charge in [-0.2, -0.15) is 5.12 Å². The molecule has 0 saturated heterocycles. The minimum absolute atomic E-state index is 0.422. The first-order valence-electron chi connectivity index (χ1n) is 4.14. The molecule has 0 fully saturated rings. The number of hydrogen-bond donors (Lipinski definition) is 1. The fourth-order valence-corrected chi connectivity index (χ4v) is 1.22. The zero-order chi connectivity index (χ0) is 9.97. The van der Waals surface area contributed by atoms with Crippen LogP contribution in [-0.4, -0.2) is 12.9 Å². The van der Waals surface area contributed by atoms with Gasteiger partial charge in [0.1, 0.15) is 5.75 Å². The number of ether oxygens (including phenoxy) is 1. The minimum Gasteiger partial charge on any atom is -0.496 e. The largest absolute Gasteiger partial charge is 0.496 e. The van der Waals surface area contributed by atoms with E-state index < -0.39 is 0 Å². The number of benzene rings is 1. The van der Waals surface area contributed by atoms with Crippen molar-refractivity contribution < 1.29 is 9.85 Å². The smallest absolute Gasteiger partial charge is 0.244 e. The first kappa shape index (κ1) is 8.83. The monoisotopic (exact) mass is 190 g/mol. The van der Waals surface area contributed by atoms with Gasteiger partial charge in [-0.15, -0.1) is 0 Å². The number of hydrogen-bond acceptors (Lipinski definition) is 4. The molecule has 0 saturated carbocycles. The van der Waals surface area contributed by atoms with Gasteiger partial charge in [0.15, 0.2) is 0 Å². The summed E-state index contributed by atoms with van der Waals surface area (Å²) in [6.45, 7) is 0. The van der Waals surface area contributed by atoms with Crippen molar-refractivity contribution >= 4 is 5.84 Å². The van der Waals surface area contributed by atoms with Gasteiger partial charge >= 0.3 is 0 Å². The van der Waals surface area contributed by atoms with Gasteiger partial charge in [0.2, 0.25) is 5.84 Å². The van der Waals surface area contributed by atoms with Crippen LogP contribution in [0.2, 0.25) is 0 Å². The number of methoxy groups -OCH3 is 1. The Labute approximate surface area is 81.7 Å². The predicted molar refractivity (Wildman–Crippen MR) is 50.7 cm³/mol. The lowest BCUT2D eigenvalue weighted by Gasteiger charge is -2.03. The Bertz CT molecular complexity index is 400. The number of rotatable bonds is 2. The van der Waals surface area contributed by atoms with Crippen molar-refractivity contribution in [2.45, 2.75) is 0 Å². The Hall–Kier alpha value is -1.75. The van der Waals surface area contributed by atoms with E-state index in [1.165, 1.54) is 0 Å². The summed E-state index contributed by atoms with van der Waals surface area (Å²) in [4.78, 5) is 0. The number of nitrogens with one attached hydrogen (secondary N) is 1. The van der Waals surface area contributed by atoms with Crippen molar-refractivity contribution in [1.82, 2.24) is 0 Å². The van der Waals surface area contributed by atoms with Gasteiger partial charge in [-0.05, 0) is 12.1 Å². The van der Waals surface area contributed by atoms with Crippen molar-refractivity contribution in [2.75, 3.05) is 7.11 Å². The molecular formula is C9H10N4O. The molecule has 0 radical (unpaired) electrons. The van der Waals surface area contributed by atoms with Crippen LogP contribution in [0.5, 0.6) is 5.75 Å². The SMILES string of the molecule is [CH2-][NH+]1N=NC(c2ccccc2OC)=N1. The zero-order valence-corrected chi connectivity index (χ0v) is 7.77. The highest BCUT2D eigenvalue weighted by Gasteiger charge is 2.15. The van der Waals surface area contributed by atoms with Crippen molar-refractivity contribution in [3.8, 4) is 5.75 Å². The molecule has 72 valence electrons. The van der Waals surface area contributed by atoms with E-state index in [1.54, 1.807) is 7.11 Å².